The van der Waals surface area contributed by atoms with Gasteiger partial charge in [-0.15, -0.1) is 0 Å². The highest BCUT2D eigenvalue weighted by Crippen LogP contribution is 2.31. The minimum atomic E-state index is 0.399. The zero-order valence-corrected chi connectivity index (χ0v) is 13.1. The maximum absolute atomic E-state index is 5.89. The highest BCUT2D eigenvalue weighted by molar-refractivity contribution is 7.80. The molecule has 0 aliphatic rings. The molecule has 0 saturated heterocycles. The number of hydrogen-bond acceptors (Lipinski definition) is 3. The number of anilines is 1. The molecular weight excluding hydrogens is 266 g/mol. The number of nitrogens with two attached hydrogens (primary N) is 1. The fraction of sp³-hybridized carbons (Fsp3) is 0.375. The molecule has 0 radical (unpaired) electrons. The Morgan fingerprint density at radius 2 is 1.95 bits per heavy atom. The Morgan fingerprint density at radius 3 is 2.55 bits per heavy atom. The predicted molar refractivity (Wildman–Crippen MR) is 90.4 cm³/mol. The van der Waals surface area contributed by atoms with Crippen LogP contribution in [0.25, 0.3) is 10.9 Å². The molecule has 0 saturated carbocycles. The largest absolute Gasteiger partial charge is 0.389 e. The topological polar surface area (TPSA) is 42.1 Å². The van der Waals surface area contributed by atoms with Crippen molar-refractivity contribution in [3.63, 3.8) is 0 Å². The molecule has 1 heterocycles. The van der Waals surface area contributed by atoms with Crippen LogP contribution >= 0.6 is 12.2 Å². The van der Waals surface area contributed by atoms with Crippen LogP contribution in [-0.4, -0.2) is 23.1 Å². The summed E-state index contributed by atoms with van der Waals surface area (Å²) >= 11 is 5.20. The fourth-order valence-corrected chi connectivity index (χ4v) is 2.86. The quantitative estimate of drug-likeness (QED) is 0.855. The molecule has 0 bridgehead atoms. The first-order valence-corrected chi connectivity index (χ1v) is 7.41. The molecule has 2 aromatic rings. The Labute approximate surface area is 125 Å². The van der Waals surface area contributed by atoms with E-state index in [4.69, 9.17) is 18.0 Å². The highest BCUT2D eigenvalue weighted by atomic mass is 32.1. The van der Waals surface area contributed by atoms with E-state index in [2.05, 4.69) is 36.8 Å². The van der Waals surface area contributed by atoms with Gasteiger partial charge in [-0.25, -0.2) is 0 Å². The molecule has 3 nitrogen and oxygen atoms in total. The number of nitrogens with zero attached hydrogens (tertiary/aromatic N) is 2. The molecule has 106 valence electrons. The monoisotopic (exact) mass is 287 g/mol. The van der Waals surface area contributed by atoms with Crippen molar-refractivity contribution in [2.45, 2.75) is 32.7 Å². The molecule has 1 aromatic carbocycles. The van der Waals surface area contributed by atoms with Crippen molar-refractivity contribution in [1.29, 1.82) is 0 Å². The van der Waals surface area contributed by atoms with Gasteiger partial charge >= 0.3 is 0 Å². The minimum Gasteiger partial charge on any atom is -0.389 e. The molecule has 2 rings (SSSR count). The number of para-hydroxylation sites is 1. The Balaban J connectivity index is 2.69. The normalized spacial score (nSPS) is 11.0. The van der Waals surface area contributed by atoms with Crippen molar-refractivity contribution in [3.05, 3.63) is 36.0 Å². The minimum absolute atomic E-state index is 0.399. The Morgan fingerprint density at radius 1 is 1.30 bits per heavy atom. The van der Waals surface area contributed by atoms with Crippen LogP contribution < -0.4 is 10.6 Å². The van der Waals surface area contributed by atoms with Crippen LogP contribution in [0.4, 0.5) is 5.69 Å². The lowest BCUT2D eigenvalue weighted by atomic mass is 10.0. The van der Waals surface area contributed by atoms with E-state index in [0.29, 0.717) is 11.0 Å². The summed E-state index contributed by atoms with van der Waals surface area (Å²) in [7, 11) is 2.11. The van der Waals surface area contributed by atoms with E-state index in [9.17, 15) is 0 Å². The summed E-state index contributed by atoms with van der Waals surface area (Å²) in [6, 6.07) is 8.59. The van der Waals surface area contributed by atoms with E-state index in [-0.39, 0.29) is 0 Å². The first-order chi connectivity index (χ1) is 9.60. The number of fused-ring (bicyclic) bond motifs is 1. The summed E-state index contributed by atoms with van der Waals surface area (Å²) in [6.07, 6.45) is 3.96. The van der Waals surface area contributed by atoms with Crippen molar-refractivity contribution >= 4 is 33.8 Å². The van der Waals surface area contributed by atoms with Crippen molar-refractivity contribution < 1.29 is 0 Å². The van der Waals surface area contributed by atoms with Crippen LogP contribution in [0.15, 0.2) is 30.5 Å². The van der Waals surface area contributed by atoms with Crippen LogP contribution in [0.2, 0.25) is 0 Å². The second kappa shape index (κ2) is 6.18. The molecule has 0 fully saturated rings. The van der Waals surface area contributed by atoms with Gasteiger partial charge < -0.3 is 10.6 Å². The molecule has 2 N–H and O–H groups in total. The molecule has 0 spiro atoms. The lowest BCUT2D eigenvalue weighted by molar-refractivity contribution is 0.592. The van der Waals surface area contributed by atoms with Gasteiger partial charge in [-0.3, -0.25) is 4.98 Å². The standard InChI is InChI=1S/C16H21N3S/c1-4-11(5-2)19(3)15-12-8-6-7-9-14(12)18-10-13(15)16(17)20/h6-11H,4-5H2,1-3H3,(H2,17,20). The number of benzene rings is 1. The van der Waals surface area contributed by atoms with Gasteiger partial charge in [0.15, 0.2) is 0 Å². The number of hydrogen-bond donors (Lipinski definition) is 1. The molecule has 0 amide bonds. The van der Waals surface area contributed by atoms with E-state index in [1.54, 1.807) is 6.20 Å². The van der Waals surface area contributed by atoms with E-state index >= 15 is 0 Å². The average molecular weight is 287 g/mol. The third-order valence-corrected chi connectivity index (χ3v) is 4.08. The maximum atomic E-state index is 5.89. The Kier molecular flexibility index (Phi) is 4.55. The van der Waals surface area contributed by atoms with Gasteiger partial charge in [0.1, 0.15) is 4.99 Å². The van der Waals surface area contributed by atoms with Gasteiger partial charge in [0.25, 0.3) is 0 Å². The molecular formula is C16H21N3S. The van der Waals surface area contributed by atoms with Crippen molar-refractivity contribution in [2.75, 3.05) is 11.9 Å². The van der Waals surface area contributed by atoms with Gasteiger partial charge in [0.2, 0.25) is 0 Å². The molecule has 0 unspecified atom stereocenters. The molecule has 4 heteroatoms. The lowest BCUT2D eigenvalue weighted by Gasteiger charge is -2.31. The Hall–Kier alpha value is -1.68. The second-order valence-corrected chi connectivity index (χ2v) is 5.42. The van der Waals surface area contributed by atoms with Gasteiger partial charge in [-0.1, -0.05) is 44.3 Å². The van der Waals surface area contributed by atoms with Crippen molar-refractivity contribution in [1.82, 2.24) is 4.98 Å². The summed E-state index contributed by atoms with van der Waals surface area (Å²) in [5, 5.41) is 1.10. The van der Waals surface area contributed by atoms with E-state index in [1.807, 2.05) is 18.2 Å². The number of thiocarbonyl (C=S) groups is 1. The van der Waals surface area contributed by atoms with Crippen LogP contribution in [0.3, 0.4) is 0 Å². The smallest absolute Gasteiger partial charge is 0.107 e. The Bertz CT molecular complexity index is 620. The molecule has 0 atom stereocenters. The summed E-state index contributed by atoms with van der Waals surface area (Å²) in [6.45, 7) is 4.41. The van der Waals surface area contributed by atoms with E-state index < -0.39 is 0 Å². The molecule has 20 heavy (non-hydrogen) atoms. The highest BCUT2D eigenvalue weighted by Gasteiger charge is 2.19. The van der Waals surface area contributed by atoms with Crippen LogP contribution in [0.1, 0.15) is 32.3 Å². The average Bonchev–Trinajstić information content (AvgIpc) is 2.46. The zero-order chi connectivity index (χ0) is 14.7. The third kappa shape index (κ3) is 2.61. The van der Waals surface area contributed by atoms with Gasteiger partial charge in [0.05, 0.1) is 16.8 Å². The summed E-state index contributed by atoms with van der Waals surface area (Å²) in [5.74, 6) is 0. The summed E-state index contributed by atoms with van der Waals surface area (Å²) in [5.41, 5.74) is 8.81. The first kappa shape index (κ1) is 14.7. The number of rotatable bonds is 5. The summed E-state index contributed by atoms with van der Waals surface area (Å²) in [4.78, 5) is 7.15. The number of pyridine rings is 1. The summed E-state index contributed by atoms with van der Waals surface area (Å²) < 4.78 is 0. The first-order valence-electron chi connectivity index (χ1n) is 7.00. The maximum Gasteiger partial charge on any atom is 0.107 e. The molecule has 1 aromatic heterocycles. The third-order valence-electron chi connectivity index (χ3n) is 3.86. The molecule has 0 aliphatic heterocycles. The van der Waals surface area contributed by atoms with Crippen LogP contribution in [0.5, 0.6) is 0 Å². The van der Waals surface area contributed by atoms with Gasteiger partial charge in [-0.2, -0.15) is 0 Å². The van der Waals surface area contributed by atoms with Gasteiger partial charge in [0, 0.05) is 24.7 Å². The van der Waals surface area contributed by atoms with Crippen LogP contribution in [0, 0.1) is 0 Å². The molecule has 0 aliphatic carbocycles. The zero-order valence-electron chi connectivity index (χ0n) is 12.3. The fourth-order valence-electron chi connectivity index (χ4n) is 2.71. The van der Waals surface area contributed by atoms with E-state index in [1.165, 1.54) is 0 Å². The van der Waals surface area contributed by atoms with Crippen LogP contribution in [-0.2, 0) is 0 Å². The van der Waals surface area contributed by atoms with Gasteiger partial charge in [-0.05, 0) is 18.9 Å². The number of aromatic nitrogens is 1. The lowest BCUT2D eigenvalue weighted by Crippen LogP contribution is -2.32. The second-order valence-electron chi connectivity index (χ2n) is 4.98. The SMILES string of the molecule is CCC(CC)N(C)c1c(C(N)=S)cnc2ccccc12. The van der Waals surface area contributed by atoms with E-state index in [0.717, 1.165) is 35.0 Å². The van der Waals surface area contributed by atoms with Crippen molar-refractivity contribution in [3.8, 4) is 0 Å². The predicted octanol–water partition coefficient (Wildman–Crippen LogP) is 3.49. The van der Waals surface area contributed by atoms with Crippen molar-refractivity contribution in [2.24, 2.45) is 5.73 Å².